The molecular formula is C23H17N3O2S. The molecule has 2 N–H and O–H groups in total. The molecule has 2 aromatic carbocycles. The van der Waals surface area contributed by atoms with Crippen molar-refractivity contribution in [1.29, 1.82) is 0 Å². The summed E-state index contributed by atoms with van der Waals surface area (Å²) < 4.78 is 1.06. The summed E-state index contributed by atoms with van der Waals surface area (Å²) in [5.74, 6) is -0.427. The number of aryl methyl sites for hydroxylation is 1. The molecule has 142 valence electrons. The molecule has 1 atom stereocenters. The third kappa shape index (κ3) is 2.89. The summed E-state index contributed by atoms with van der Waals surface area (Å²) in [6, 6.07) is 17.1. The molecule has 2 aromatic heterocycles. The van der Waals surface area contributed by atoms with Crippen LogP contribution in [-0.4, -0.2) is 16.8 Å². The van der Waals surface area contributed by atoms with Crippen LogP contribution in [0.2, 0.25) is 0 Å². The van der Waals surface area contributed by atoms with Crippen LogP contribution < -0.4 is 10.6 Å². The second-order valence-corrected chi connectivity index (χ2v) is 7.89. The summed E-state index contributed by atoms with van der Waals surface area (Å²) in [7, 11) is 0. The Morgan fingerprint density at radius 1 is 1.10 bits per heavy atom. The zero-order chi connectivity index (χ0) is 20.0. The van der Waals surface area contributed by atoms with E-state index in [-0.39, 0.29) is 17.9 Å². The van der Waals surface area contributed by atoms with Crippen molar-refractivity contribution < 1.29 is 9.59 Å². The third-order valence-corrected chi connectivity index (χ3v) is 6.21. The molecule has 0 saturated carbocycles. The average molecular weight is 399 g/mol. The Labute approximate surface area is 171 Å². The molecule has 0 fully saturated rings. The van der Waals surface area contributed by atoms with E-state index in [1.165, 1.54) is 11.3 Å². The Hall–Kier alpha value is -3.51. The first-order valence-electron chi connectivity index (χ1n) is 9.26. The summed E-state index contributed by atoms with van der Waals surface area (Å²) in [6.45, 7) is 2.01. The Kier molecular flexibility index (Phi) is 4.14. The maximum absolute atomic E-state index is 13.1. The molecule has 1 aliphatic rings. The van der Waals surface area contributed by atoms with Gasteiger partial charge in [-0.25, -0.2) is 0 Å². The van der Waals surface area contributed by atoms with Crippen LogP contribution in [0.15, 0.2) is 66.2 Å². The van der Waals surface area contributed by atoms with Crippen molar-refractivity contribution in [3.63, 3.8) is 0 Å². The number of carbonyl (C=O) groups is 2. The summed E-state index contributed by atoms with van der Waals surface area (Å²) in [5.41, 5.74) is 4.34. The molecule has 4 aromatic rings. The molecule has 2 amide bonds. The number of aromatic nitrogens is 1. The quantitative estimate of drug-likeness (QED) is 0.525. The largest absolute Gasteiger partial charge is 0.340 e. The molecule has 0 saturated heterocycles. The van der Waals surface area contributed by atoms with Gasteiger partial charge in [-0.15, -0.1) is 11.3 Å². The number of nitrogens with one attached hydrogen (secondary N) is 2. The lowest BCUT2D eigenvalue weighted by Gasteiger charge is -2.18. The minimum Gasteiger partial charge on any atom is -0.340 e. The summed E-state index contributed by atoms with van der Waals surface area (Å²) in [6.07, 6.45) is 1.56. The van der Waals surface area contributed by atoms with Crippen molar-refractivity contribution in [2.24, 2.45) is 0 Å². The first-order valence-corrected chi connectivity index (χ1v) is 10.1. The second-order valence-electron chi connectivity index (χ2n) is 6.98. The van der Waals surface area contributed by atoms with Crippen molar-refractivity contribution in [3.8, 4) is 0 Å². The molecule has 5 rings (SSSR count). The lowest BCUT2D eigenvalue weighted by Crippen LogP contribution is -2.21. The van der Waals surface area contributed by atoms with E-state index in [0.717, 1.165) is 21.2 Å². The first kappa shape index (κ1) is 17.6. The van der Waals surface area contributed by atoms with Gasteiger partial charge in [-0.3, -0.25) is 14.6 Å². The van der Waals surface area contributed by atoms with Crippen molar-refractivity contribution >= 4 is 38.9 Å². The van der Waals surface area contributed by atoms with Crippen LogP contribution in [0, 0.1) is 6.92 Å². The van der Waals surface area contributed by atoms with Gasteiger partial charge < -0.3 is 10.6 Å². The SMILES string of the molecule is Cc1ccccc1C1NC(=O)c2nccc(NC(=O)c3csc4ccccc34)c21. The molecule has 29 heavy (non-hydrogen) atoms. The molecule has 0 bridgehead atoms. The van der Waals surface area contributed by atoms with Gasteiger partial charge in [0.1, 0.15) is 5.69 Å². The van der Waals surface area contributed by atoms with Gasteiger partial charge in [0, 0.05) is 27.2 Å². The molecule has 0 radical (unpaired) electrons. The zero-order valence-electron chi connectivity index (χ0n) is 15.6. The number of benzene rings is 2. The summed E-state index contributed by atoms with van der Waals surface area (Å²) in [4.78, 5) is 29.8. The molecule has 3 heterocycles. The highest BCUT2D eigenvalue weighted by Gasteiger charge is 2.34. The number of rotatable bonds is 3. The minimum atomic E-state index is -0.345. The smallest absolute Gasteiger partial charge is 0.271 e. The van der Waals surface area contributed by atoms with Crippen molar-refractivity contribution in [2.45, 2.75) is 13.0 Å². The summed E-state index contributed by atoms with van der Waals surface area (Å²) >= 11 is 1.54. The Morgan fingerprint density at radius 3 is 2.76 bits per heavy atom. The third-order valence-electron chi connectivity index (χ3n) is 5.24. The normalized spacial score (nSPS) is 15.2. The van der Waals surface area contributed by atoms with Gasteiger partial charge in [0.05, 0.1) is 17.3 Å². The van der Waals surface area contributed by atoms with Crippen molar-refractivity contribution in [3.05, 3.63) is 94.1 Å². The molecule has 1 unspecified atom stereocenters. The molecule has 6 heteroatoms. The maximum Gasteiger partial charge on any atom is 0.271 e. The van der Waals surface area contributed by atoms with Crippen LogP contribution >= 0.6 is 11.3 Å². The average Bonchev–Trinajstić information content (AvgIpc) is 3.31. The lowest BCUT2D eigenvalue weighted by atomic mass is 9.95. The van der Waals surface area contributed by atoms with E-state index in [1.807, 2.05) is 60.8 Å². The molecule has 1 aliphatic heterocycles. The number of anilines is 1. The van der Waals surface area contributed by atoms with Crippen molar-refractivity contribution in [2.75, 3.05) is 5.32 Å². The van der Waals surface area contributed by atoms with Crippen LogP contribution in [0.3, 0.4) is 0 Å². The lowest BCUT2D eigenvalue weighted by molar-refractivity contribution is 0.0955. The number of thiophene rings is 1. The zero-order valence-corrected chi connectivity index (χ0v) is 16.4. The molecular weight excluding hydrogens is 382 g/mol. The van der Waals surface area contributed by atoms with E-state index in [4.69, 9.17) is 0 Å². The Bertz CT molecular complexity index is 1280. The second kappa shape index (κ2) is 6.83. The van der Waals surface area contributed by atoms with Gasteiger partial charge in [-0.1, -0.05) is 42.5 Å². The van der Waals surface area contributed by atoms with E-state index in [0.29, 0.717) is 22.5 Å². The van der Waals surface area contributed by atoms with Crippen LogP contribution in [0.1, 0.15) is 43.6 Å². The van der Waals surface area contributed by atoms with Crippen molar-refractivity contribution in [1.82, 2.24) is 10.3 Å². The van der Waals surface area contributed by atoms with Gasteiger partial charge in [-0.05, 0) is 30.2 Å². The van der Waals surface area contributed by atoms with E-state index in [9.17, 15) is 9.59 Å². The predicted octanol–water partition coefficient (Wildman–Crippen LogP) is 4.69. The van der Waals surface area contributed by atoms with Crippen LogP contribution in [0.5, 0.6) is 0 Å². The fraction of sp³-hybridized carbons (Fsp3) is 0.0870. The van der Waals surface area contributed by atoms with E-state index in [2.05, 4.69) is 15.6 Å². The van der Waals surface area contributed by atoms with Gasteiger partial charge in [0.25, 0.3) is 11.8 Å². The van der Waals surface area contributed by atoms with E-state index in [1.54, 1.807) is 12.3 Å². The highest BCUT2D eigenvalue weighted by molar-refractivity contribution is 7.17. The summed E-state index contributed by atoms with van der Waals surface area (Å²) in [5, 5.41) is 8.80. The fourth-order valence-electron chi connectivity index (χ4n) is 3.81. The van der Waals surface area contributed by atoms with Crippen LogP contribution in [0.4, 0.5) is 5.69 Å². The first-order chi connectivity index (χ1) is 14.1. The highest BCUT2D eigenvalue weighted by Crippen LogP contribution is 2.37. The van der Waals surface area contributed by atoms with E-state index >= 15 is 0 Å². The van der Waals surface area contributed by atoms with Gasteiger partial charge >= 0.3 is 0 Å². The monoisotopic (exact) mass is 399 g/mol. The van der Waals surface area contributed by atoms with Gasteiger partial charge in [0.15, 0.2) is 0 Å². The number of nitrogens with zero attached hydrogens (tertiary/aromatic N) is 1. The number of hydrogen-bond acceptors (Lipinski definition) is 4. The number of fused-ring (bicyclic) bond motifs is 2. The Balaban J connectivity index is 1.57. The highest BCUT2D eigenvalue weighted by atomic mass is 32.1. The van der Waals surface area contributed by atoms with Crippen LogP contribution in [0.25, 0.3) is 10.1 Å². The standard InChI is InChI=1S/C23H17N3O2S/c1-13-6-2-3-7-14(13)20-19-17(10-11-24-21(19)23(28)26-20)25-22(27)16-12-29-18-9-5-4-8-15(16)18/h2-12,20H,1H3,(H,26,28)(H,24,25,27). The van der Waals surface area contributed by atoms with Crippen LogP contribution in [-0.2, 0) is 0 Å². The van der Waals surface area contributed by atoms with Gasteiger partial charge in [0.2, 0.25) is 0 Å². The Morgan fingerprint density at radius 2 is 1.90 bits per heavy atom. The number of carbonyl (C=O) groups excluding carboxylic acids is 2. The number of amides is 2. The molecule has 5 nitrogen and oxygen atoms in total. The maximum atomic E-state index is 13.1. The topological polar surface area (TPSA) is 71.1 Å². The molecule has 0 spiro atoms. The van der Waals surface area contributed by atoms with E-state index < -0.39 is 0 Å². The predicted molar refractivity (Wildman–Crippen MR) is 115 cm³/mol. The molecule has 0 aliphatic carbocycles. The number of hydrogen-bond donors (Lipinski definition) is 2. The number of pyridine rings is 1. The van der Waals surface area contributed by atoms with Gasteiger partial charge in [-0.2, -0.15) is 0 Å². The fourth-order valence-corrected chi connectivity index (χ4v) is 4.76. The minimum absolute atomic E-state index is 0.196.